The second kappa shape index (κ2) is 6.62. The minimum atomic E-state index is 0.244. The van der Waals surface area contributed by atoms with Gasteiger partial charge in [0.2, 0.25) is 5.91 Å². The van der Waals surface area contributed by atoms with E-state index >= 15 is 0 Å². The third-order valence-electron chi connectivity index (χ3n) is 4.22. The molecule has 1 aromatic heterocycles. The predicted octanol–water partition coefficient (Wildman–Crippen LogP) is 1.37. The van der Waals surface area contributed by atoms with Gasteiger partial charge < -0.3 is 14.6 Å². The molecule has 116 valence electrons. The average molecular weight is 291 g/mol. The predicted molar refractivity (Wildman–Crippen MR) is 80.9 cm³/mol. The topological polar surface area (TPSA) is 48.7 Å². The molecule has 2 aliphatic rings. The number of furan rings is 1. The highest BCUT2D eigenvalue weighted by atomic mass is 16.3. The first-order valence-electron chi connectivity index (χ1n) is 8.00. The van der Waals surface area contributed by atoms with Crippen LogP contribution in [0.2, 0.25) is 0 Å². The summed E-state index contributed by atoms with van der Waals surface area (Å²) in [6, 6.07) is 4.37. The summed E-state index contributed by atoms with van der Waals surface area (Å²) in [5, 5.41) is 3.38. The summed E-state index contributed by atoms with van der Waals surface area (Å²) in [5.41, 5.74) is 0. The van der Waals surface area contributed by atoms with E-state index in [4.69, 9.17) is 4.42 Å². The first-order valence-corrected chi connectivity index (χ1v) is 8.00. The van der Waals surface area contributed by atoms with Gasteiger partial charge in [0.25, 0.3) is 0 Å². The zero-order valence-corrected chi connectivity index (χ0v) is 12.8. The highest BCUT2D eigenvalue weighted by Gasteiger charge is 2.33. The lowest BCUT2D eigenvalue weighted by Gasteiger charge is -2.26. The van der Waals surface area contributed by atoms with Gasteiger partial charge in [0.05, 0.1) is 13.1 Å². The Bertz CT molecular complexity index is 474. The van der Waals surface area contributed by atoms with Crippen LogP contribution in [0.15, 0.2) is 16.5 Å². The lowest BCUT2D eigenvalue weighted by Crippen LogP contribution is -2.42. The highest BCUT2D eigenvalue weighted by Crippen LogP contribution is 2.29. The van der Waals surface area contributed by atoms with Crippen LogP contribution < -0.4 is 5.32 Å². The molecule has 0 aromatic carbocycles. The van der Waals surface area contributed by atoms with Crippen molar-refractivity contribution in [2.75, 3.05) is 32.7 Å². The van der Waals surface area contributed by atoms with Crippen LogP contribution >= 0.6 is 0 Å². The highest BCUT2D eigenvalue weighted by molar-refractivity contribution is 5.79. The number of hydrogen-bond donors (Lipinski definition) is 1. The van der Waals surface area contributed by atoms with E-state index in [0.29, 0.717) is 19.1 Å². The first-order chi connectivity index (χ1) is 10.2. The van der Waals surface area contributed by atoms with Gasteiger partial charge in [0, 0.05) is 19.1 Å². The summed E-state index contributed by atoms with van der Waals surface area (Å²) >= 11 is 0. The van der Waals surface area contributed by atoms with Gasteiger partial charge in [-0.05, 0) is 51.4 Å². The van der Waals surface area contributed by atoms with Gasteiger partial charge in [0.1, 0.15) is 11.5 Å². The Morgan fingerprint density at radius 1 is 1.38 bits per heavy atom. The average Bonchev–Trinajstić information content (AvgIpc) is 3.25. The quantitative estimate of drug-likeness (QED) is 0.890. The number of hydrogen-bond acceptors (Lipinski definition) is 4. The molecule has 0 unspecified atom stereocenters. The first kappa shape index (κ1) is 14.6. The minimum Gasteiger partial charge on any atom is -0.464 e. The summed E-state index contributed by atoms with van der Waals surface area (Å²) in [6.45, 7) is 7.11. The van der Waals surface area contributed by atoms with E-state index in [1.165, 1.54) is 0 Å². The number of carbonyl (C=O) groups excluding carboxylic acids is 1. The van der Waals surface area contributed by atoms with Gasteiger partial charge in [-0.15, -0.1) is 0 Å². The molecule has 1 aliphatic carbocycles. The maximum atomic E-state index is 12.6. The fraction of sp³-hybridized carbons (Fsp3) is 0.688. The molecule has 21 heavy (non-hydrogen) atoms. The van der Waals surface area contributed by atoms with E-state index < -0.39 is 0 Å². The molecule has 0 atom stereocenters. The molecule has 1 aliphatic heterocycles. The molecule has 1 aromatic rings. The van der Waals surface area contributed by atoms with Crippen molar-refractivity contribution >= 4 is 5.91 Å². The molecule has 1 N–H and O–H groups in total. The lowest BCUT2D eigenvalue weighted by atomic mass is 10.3. The van der Waals surface area contributed by atoms with Gasteiger partial charge in [-0.2, -0.15) is 0 Å². The Labute approximate surface area is 126 Å². The third kappa shape index (κ3) is 4.08. The van der Waals surface area contributed by atoms with Crippen molar-refractivity contribution < 1.29 is 9.21 Å². The zero-order valence-electron chi connectivity index (χ0n) is 12.8. The van der Waals surface area contributed by atoms with Gasteiger partial charge in [0.15, 0.2) is 0 Å². The maximum Gasteiger partial charge on any atom is 0.237 e. The molecular weight excluding hydrogens is 266 g/mol. The van der Waals surface area contributed by atoms with Crippen molar-refractivity contribution in [3.05, 3.63) is 23.7 Å². The van der Waals surface area contributed by atoms with Crippen LogP contribution in [0.4, 0.5) is 0 Å². The molecule has 0 spiro atoms. The van der Waals surface area contributed by atoms with Crippen LogP contribution in [0.1, 0.15) is 30.8 Å². The molecule has 2 heterocycles. The SMILES string of the molecule is Cc1ccc(CN(C(=O)CN2CCCNCC2)C2CC2)o1. The largest absolute Gasteiger partial charge is 0.464 e. The number of aryl methyl sites for hydroxylation is 1. The van der Waals surface area contributed by atoms with Gasteiger partial charge in [-0.1, -0.05) is 0 Å². The second-order valence-corrected chi connectivity index (χ2v) is 6.14. The van der Waals surface area contributed by atoms with Crippen molar-refractivity contribution in [3.63, 3.8) is 0 Å². The van der Waals surface area contributed by atoms with Crippen LogP contribution in [-0.2, 0) is 11.3 Å². The standard InChI is InChI=1S/C16H25N3O2/c1-13-3-6-15(21-13)11-19(14-4-5-14)16(20)12-18-9-2-7-17-8-10-18/h3,6,14,17H,2,4-5,7-12H2,1H3. The van der Waals surface area contributed by atoms with E-state index in [-0.39, 0.29) is 5.91 Å². The summed E-state index contributed by atoms with van der Waals surface area (Å²) in [4.78, 5) is 16.9. The number of amides is 1. The summed E-state index contributed by atoms with van der Waals surface area (Å²) in [6.07, 6.45) is 3.38. The monoisotopic (exact) mass is 291 g/mol. The molecule has 0 bridgehead atoms. The Balaban J connectivity index is 1.59. The maximum absolute atomic E-state index is 12.6. The van der Waals surface area contributed by atoms with Crippen LogP contribution in [0.3, 0.4) is 0 Å². The molecule has 2 fully saturated rings. The Kier molecular flexibility index (Phi) is 4.60. The zero-order chi connectivity index (χ0) is 14.7. The summed E-state index contributed by atoms with van der Waals surface area (Å²) in [7, 11) is 0. The second-order valence-electron chi connectivity index (χ2n) is 6.14. The molecule has 1 amide bonds. The normalized spacial score (nSPS) is 20.2. The smallest absolute Gasteiger partial charge is 0.237 e. The third-order valence-corrected chi connectivity index (χ3v) is 4.22. The van der Waals surface area contributed by atoms with Crippen molar-refractivity contribution in [2.45, 2.75) is 38.8 Å². The number of nitrogens with one attached hydrogen (secondary N) is 1. The van der Waals surface area contributed by atoms with E-state index in [9.17, 15) is 4.79 Å². The van der Waals surface area contributed by atoms with Crippen LogP contribution in [0.25, 0.3) is 0 Å². The van der Waals surface area contributed by atoms with Gasteiger partial charge in [-0.25, -0.2) is 0 Å². The minimum absolute atomic E-state index is 0.244. The molecule has 5 nitrogen and oxygen atoms in total. The van der Waals surface area contributed by atoms with E-state index in [1.54, 1.807) is 0 Å². The van der Waals surface area contributed by atoms with Crippen LogP contribution in [-0.4, -0.2) is 54.5 Å². The van der Waals surface area contributed by atoms with E-state index in [2.05, 4.69) is 10.2 Å². The molecule has 3 rings (SSSR count). The Morgan fingerprint density at radius 2 is 2.24 bits per heavy atom. The molecule has 0 radical (unpaired) electrons. The Morgan fingerprint density at radius 3 is 2.95 bits per heavy atom. The molecule has 1 saturated heterocycles. The fourth-order valence-corrected chi connectivity index (χ4v) is 2.89. The number of nitrogens with zero attached hydrogens (tertiary/aromatic N) is 2. The van der Waals surface area contributed by atoms with Crippen LogP contribution in [0.5, 0.6) is 0 Å². The van der Waals surface area contributed by atoms with Crippen molar-refractivity contribution in [1.29, 1.82) is 0 Å². The van der Waals surface area contributed by atoms with Crippen molar-refractivity contribution in [1.82, 2.24) is 15.1 Å². The van der Waals surface area contributed by atoms with Crippen molar-refractivity contribution in [2.24, 2.45) is 0 Å². The van der Waals surface area contributed by atoms with Crippen molar-refractivity contribution in [3.8, 4) is 0 Å². The van der Waals surface area contributed by atoms with E-state index in [1.807, 2.05) is 24.0 Å². The molecular formula is C16H25N3O2. The van der Waals surface area contributed by atoms with Crippen LogP contribution in [0, 0.1) is 6.92 Å². The number of rotatable bonds is 5. The summed E-state index contributed by atoms with van der Waals surface area (Å²) in [5.74, 6) is 2.05. The lowest BCUT2D eigenvalue weighted by molar-refractivity contribution is -0.133. The number of carbonyl (C=O) groups is 1. The van der Waals surface area contributed by atoms with Gasteiger partial charge in [-0.3, -0.25) is 9.69 Å². The summed E-state index contributed by atoms with van der Waals surface area (Å²) < 4.78 is 5.63. The Hall–Kier alpha value is -1.33. The molecule has 5 heteroatoms. The van der Waals surface area contributed by atoms with E-state index in [0.717, 1.165) is 57.0 Å². The fourth-order valence-electron chi connectivity index (χ4n) is 2.89. The molecule has 1 saturated carbocycles. The van der Waals surface area contributed by atoms with Gasteiger partial charge >= 0.3 is 0 Å².